The fourth-order valence-corrected chi connectivity index (χ4v) is 1.97. The lowest BCUT2D eigenvalue weighted by Gasteiger charge is -2.14. The predicted octanol–water partition coefficient (Wildman–Crippen LogP) is 2.60. The predicted molar refractivity (Wildman–Crippen MR) is 70.6 cm³/mol. The van der Waals surface area contributed by atoms with Crippen LogP contribution < -0.4 is 4.74 Å². The molecule has 11 heteroatoms. The molecule has 1 rings (SSSR count). The third-order valence-corrected chi connectivity index (χ3v) is 2.88. The molecule has 0 bridgehead atoms. The molecule has 1 aromatic rings. The zero-order valence-corrected chi connectivity index (χ0v) is 12.6. The second-order valence-electron chi connectivity index (χ2n) is 3.53. The maximum Gasteiger partial charge on any atom is 0.573 e. The molecule has 0 atom stereocenters. The van der Waals surface area contributed by atoms with Gasteiger partial charge in [0.05, 0.1) is 23.5 Å². The van der Waals surface area contributed by atoms with Gasteiger partial charge in [0, 0.05) is 0 Å². The van der Waals surface area contributed by atoms with Gasteiger partial charge in [0.25, 0.3) is 5.69 Å². The van der Waals surface area contributed by atoms with E-state index in [1.54, 1.807) is 0 Å². The van der Waals surface area contributed by atoms with Gasteiger partial charge in [0.15, 0.2) is 5.75 Å². The molecular weight excluding hydrogens is 412 g/mol. The van der Waals surface area contributed by atoms with E-state index in [0.29, 0.717) is 0 Å². The number of halogens is 4. The van der Waals surface area contributed by atoms with Crippen molar-refractivity contribution in [1.29, 1.82) is 0 Å². The van der Waals surface area contributed by atoms with Crippen LogP contribution in [-0.4, -0.2) is 28.8 Å². The summed E-state index contributed by atoms with van der Waals surface area (Å²) in [5.74, 6) is -1.78. The molecule has 0 fully saturated rings. The van der Waals surface area contributed by atoms with Crippen molar-refractivity contribution in [2.45, 2.75) is 19.7 Å². The Morgan fingerprint density at radius 3 is 2.62 bits per heavy atom. The number of nitro groups is 1. The number of rotatable bonds is 5. The maximum absolute atomic E-state index is 12.4. The molecule has 0 saturated heterocycles. The number of nitrogens with zero attached hydrogens (tertiary/aromatic N) is 2. The lowest BCUT2D eigenvalue weighted by Crippen LogP contribution is -2.21. The van der Waals surface area contributed by atoms with Gasteiger partial charge in [0.1, 0.15) is 9.90 Å². The molecule has 116 valence electrons. The normalized spacial score (nSPS) is 11.1. The zero-order chi connectivity index (χ0) is 16.2. The van der Waals surface area contributed by atoms with E-state index in [2.05, 4.69) is 14.5 Å². The first-order valence-electron chi connectivity index (χ1n) is 5.38. The van der Waals surface area contributed by atoms with Crippen LogP contribution in [0.5, 0.6) is 5.75 Å². The van der Waals surface area contributed by atoms with Crippen LogP contribution in [0.2, 0.25) is 0 Å². The molecule has 0 radical (unpaired) electrons. The molecule has 0 aliphatic carbocycles. The SMILES string of the molecule is CCOC(=O)Cc1c([N+](=O)[O-])cnc(I)c1OC(F)(F)F. The molecule has 0 unspecified atom stereocenters. The van der Waals surface area contributed by atoms with Gasteiger partial charge in [-0.2, -0.15) is 0 Å². The molecule has 0 spiro atoms. The highest BCUT2D eigenvalue weighted by atomic mass is 127. The molecule has 0 aliphatic heterocycles. The number of alkyl halides is 3. The third kappa shape index (κ3) is 4.99. The maximum atomic E-state index is 12.4. The number of ether oxygens (including phenoxy) is 2. The Balaban J connectivity index is 3.34. The van der Waals surface area contributed by atoms with Crippen LogP contribution in [0.25, 0.3) is 0 Å². The van der Waals surface area contributed by atoms with Crippen molar-refractivity contribution in [2.24, 2.45) is 0 Å². The van der Waals surface area contributed by atoms with E-state index in [9.17, 15) is 28.1 Å². The van der Waals surface area contributed by atoms with Crippen molar-refractivity contribution < 1.29 is 32.4 Å². The minimum Gasteiger partial charge on any atom is -0.466 e. The lowest BCUT2D eigenvalue weighted by molar-refractivity contribution is -0.386. The Bertz CT molecular complexity index is 564. The Hall–Kier alpha value is -1.66. The average molecular weight is 420 g/mol. The number of pyridine rings is 1. The second-order valence-corrected chi connectivity index (χ2v) is 4.55. The first-order valence-corrected chi connectivity index (χ1v) is 6.46. The van der Waals surface area contributed by atoms with Crippen molar-refractivity contribution in [1.82, 2.24) is 4.98 Å². The number of carbonyl (C=O) groups is 1. The largest absolute Gasteiger partial charge is 0.573 e. The van der Waals surface area contributed by atoms with E-state index >= 15 is 0 Å². The number of hydrogen-bond donors (Lipinski definition) is 0. The van der Waals surface area contributed by atoms with Crippen molar-refractivity contribution in [3.05, 3.63) is 25.6 Å². The van der Waals surface area contributed by atoms with Crippen LogP contribution >= 0.6 is 22.6 Å². The summed E-state index contributed by atoms with van der Waals surface area (Å²) in [6.45, 7) is 1.49. The summed E-state index contributed by atoms with van der Waals surface area (Å²) in [6.07, 6.45) is -5.03. The summed E-state index contributed by atoms with van der Waals surface area (Å²) >= 11 is 1.42. The minimum atomic E-state index is -5.07. The summed E-state index contributed by atoms with van der Waals surface area (Å²) in [5, 5.41) is 10.9. The molecule has 0 saturated carbocycles. The minimum absolute atomic E-state index is 0.00965. The van der Waals surface area contributed by atoms with Crippen LogP contribution in [0.15, 0.2) is 6.20 Å². The topological polar surface area (TPSA) is 91.6 Å². The Morgan fingerprint density at radius 1 is 1.52 bits per heavy atom. The van der Waals surface area contributed by atoms with Crippen molar-refractivity contribution in [3.63, 3.8) is 0 Å². The van der Waals surface area contributed by atoms with Gasteiger partial charge in [-0.05, 0) is 29.5 Å². The standard InChI is InChI=1S/C10H8F3IN2O5/c1-2-20-7(17)3-5-6(16(18)19)4-15-9(14)8(5)21-10(11,12)13/h4H,2-3H2,1H3. The van der Waals surface area contributed by atoms with Crippen molar-refractivity contribution >= 4 is 34.2 Å². The zero-order valence-electron chi connectivity index (χ0n) is 10.4. The first-order chi connectivity index (χ1) is 9.65. The van der Waals surface area contributed by atoms with E-state index in [-0.39, 0.29) is 10.3 Å². The van der Waals surface area contributed by atoms with Crippen LogP contribution in [0, 0.1) is 13.8 Å². The van der Waals surface area contributed by atoms with E-state index < -0.39 is 40.7 Å². The molecule has 0 N–H and O–H groups in total. The molecule has 1 heterocycles. The van der Waals surface area contributed by atoms with Crippen LogP contribution in [0.1, 0.15) is 12.5 Å². The number of esters is 1. The summed E-state index contributed by atoms with van der Waals surface area (Å²) in [6, 6.07) is 0. The Labute approximate surface area is 129 Å². The van der Waals surface area contributed by atoms with Gasteiger partial charge in [-0.3, -0.25) is 14.9 Å². The fourth-order valence-electron chi connectivity index (χ4n) is 1.40. The van der Waals surface area contributed by atoms with Gasteiger partial charge in [-0.15, -0.1) is 13.2 Å². The molecule has 0 amide bonds. The Morgan fingerprint density at radius 2 is 2.14 bits per heavy atom. The third-order valence-electron chi connectivity index (χ3n) is 2.11. The molecule has 7 nitrogen and oxygen atoms in total. The summed E-state index contributed by atoms with van der Waals surface area (Å²) in [5.41, 5.74) is -1.28. The number of aromatic nitrogens is 1. The monoisotopic (exact) mass is 420 g/mol. The Kier molecular flexibility index (Phi) is 5.69. The van der Waals surface area contributed by atoms with Crippen LogP contribution in [0.4, 0.5) is 18.9 Å². The van der Waals surface area contributed by atoms with E-state index in [1.165, 1.54) is 29.5 Å². The summed E-state index contributed by atoms with van der Waals surface area (Å²) in [4.78, 5) is 24.8. The van der Waals surface area contributed by atoms with Crippen molar-refractivity contribution in [2.75, 3.05) is 6.61 Å². The van der Waals surface area contributed by atoms with Crippen LogP contribution in [-0.2, 0) is 16.0 Å². The molecular formula is C10H8F3IN2O5. The van der Waals surface area contributed by atoms with E-state index in [1.807, 2.05) is 0 Å². The second kappa shape index (κ2) is 6.87. The molecule has 1 aromatic heterocycles. The summed E-state index contributed by atoms with van der Waals surface area (Å²) < 4.78 is 45.2. The number of hydrogen-bond acceptors (Lipinski definition) is 6. The van der Waals surface area contributed by atoms with E-state index in [0.717, 1.165) is 6.20 Å². The molecule has 0 aliphatic rings. The highest BCUT2D eigenvalue weighted by Gasteiger charge is 2.36. The quantitative estimate of drug-likeness (QED) is 0.239. The van der Waals surface area contributed by atoms with Gasteiger partial charge in [-0.1, -0.05) is 0 Å². The first kappa shape index (κ1) is 17.4. The van der Waals surface area contributed by atoms with Crippen LogP contribution in [0.3, 0.4) is 0 Å². The lowest BCUT2D eigenvalue weighted by atomic mass is 10.1. The highest BCUT2D eigenvalue weighted by molar-refractivity contribution is 14.1. The number of carbonyl (C=O) groups excluding carboxylic acids is 1. The van der Waals surface area contributed by atoms with Gasteiger partial charge >= 0.3 is 12.3 Å². The highest BCUT2D eigenvalue weighted by Crippen LogP contribution is 2.35. The summed E-state index contributed by atoms with van der Waals surface area (Å²) in [7, 11) is 0. The molecule has 21 heavy (non-hydrogen) atoms. The van der Waals surface area contributed by atoms with Gasteiger partial charge in [-0.25, -0.2) is 4.98 Å². The fraction of sp³-hybridized carbons (Fsp3) is 0.400. The van der Waals surface area contributed by atoms with E-state index in [4.69, 9.17) is 0 Å². The van der Waals surface area contributed by atoms with Gasteiger partial charge in [0.2, 0.25) is 0 Å². The van der Waals surface area contributed by atoms with Crippen molar-refractivity contribution in [3.8, 4) is 5.75 Å². The smallest absolute Gasteiger partial charge is 0.466 e. The van der Waals surface area contributed by atoms with Gasteiger partial charge < -0.3 is 9.47 Å². The average Bonchev–Trinajstić information content (AvgIpc) is 2.32. The molecule has 0 aromatic carbocycles.